The highest BCUT2D eigenvalue weighted by atomic mass is 16.3. The highest BCUT2D eigenvalue weighted by Gasteiger charge is 2.18. The SMILES string of the molecule is N#Cc1ccc(-c2cc(-c3ccccc3)cc(-c3nc(-c4ccccc4)nc(-c4ccc5c(c4)oc4cccc(-c6cccc(-c7ccccc7)c6)c45)n3)c2)cc1. The first kappa shape index (κ1) is 33.6. The lowest BCUT2D eigenvalue weighted by atomic mass is 9.95. The van der Waals surface area contributed by atoms with Crippen LogP contribution in [-0.4, -0.2) is 15.0 Å². The van der Waals surface area contributed by atoms with Gasteiger partial charge in [0.15, 0.2) is 17.5 Å². The summed E-state index contributed by atoms with van der Waals surface area (Å²) < 4.78 is 6.58. The average Bonchev–Trinajstić information content (AvgIpc) is 3.68. The summed E-state index contributed by atoms with van der Waals surface area (Å²) in [5.74, 6) is 1.67. The van der Waals surface area contributed by atoms with Crippen molar-refractivity contribution < 1.29 is 4.42 Å². The lowest BCUT2D eigenvalue weighted by Gasteiger charge is -2.12. The normalized spacial score (nSPS) is 11.1. The molecule has 0 spiro atoms. The Balaban J connectivity index is 1.12. The number of benzene rings is 8. The molecule has 0 saturated carbocycles. The molecule has 5 heteroatoms. The van der Waals surface area contributed by atoms with Crippen molar-refractivity contribution in [2.45, 2.75) is 0 Å². The van der Waals surface area contributed by atoms with Crippen LogP contribution < -0.4 is 0 Å². The third-order valence-corrected chi connectivity index (χ3v) is 10.3. The predicted octanol–water partition coefficient (Wildman–Crippen LogP) is 13.3. The highest BCUT2D eigenvalue weighted by molar-refractivity contribution is 6.13. The Bertz CT molecular complexity index is 3110. The first-order chi connectivity index (χ1) is 28.2. The van der Waals surface area contributed by atoms with Crippen LogP contribution in [0.2, 0.25) is 0 Å². The van der Waals surface area contributed by atoms with E-state index in [4.69, 9.17) is 19.4 Å². The van der Waals surface area contributed by atoms with Crippen molar-refractivity contribution in [3.63, 3.8) is 0 Å². The lowest BCUT2D eigenvalue weighted by molar-refractivity contribution is 0.669. The van der Waals surface area contributed by atoms with Gasteiger partial charge in [-0.2, -0.15) is 5.26 Å². The molecule has 266 valence electrons. The molecule has 5 nitrogen and oxygen atoms in total. The molecule has 0 radical (unpaired) electrons. The molecule has 0 amide bonds. The van der Waals surface area contributed by atoms with Gasteiger partial charge in [0.05, 0.1) is 11.6 Å². The van der Waals surface area contributed by atoms with E-state index in [1.807, 2.05) is 91.0 Å². The van der Waals surface area contributed by atoms with Gasteiger partial charge in [-0.15, -0.1) is 0 Å². The highest BCUT2D eigenvalue weighted by Crippen LogP contribution is 2.40. The van der Waals surface area contributed by atoms with Crippen molar-refractivity contribution in [2.75, 3.05) is 0 Å². The summed E-state index contributed by atoms with van der Waals surface area (Å²) in [6.45, 7) is 0. The van der Waals surface area contributed by atoms with E-state index in [2.05, 4.69) is 109 Å². The van der Waals surface area contributed by atoms with E-state index < -0.39 is 0 Å². The van der Waals surface area contributed by atoms with E-state index in [-0.39, 0.29) is 0 Å². The molecule has 0 fully saturated rings. The van der Waals surface area contributed by atoms with E-state index >= 15 is 0 Å². The van der Waals surface area contributed by atoms with E-state index in [0.29, 0.717) is 23.0 Å². The zero-order chi connectivity index (χ0) is 38.1. The van der Waals surface area contributed by atoms with Gasteiger partial charge in [-0.05, 0) is 99.1 Å². The van der Waals surface area contributed by atoms with E-state index in [0.717, 1.165) is 72.0 Å². The summed E-state index contributed by atoms with van der Waals surface area (Å²) in [7, 11) is 0. The Hall–Kier alpha value is -7.94. The number of nitriles is 1. The summed E-state index contributed by atoms with van der Waals surface area (Å²) >= 11 is 0. The maximum absolute atomic E-state index is 9.45. The smallest absolute Gasteiger partial charge is 0.164 e. The third-order valence-electron chi connectivity index (χ3n) is 10.3. The predicted molar refractivity (Wildman–Crippen MR) is 230 cm³/mol. The second-order valence-electron chi connectivity index (χ2n) is 14.0. The van der Waals surface area contributed by atoms with E-state index in [9.17, 15) is 5.26 Å². The molecule has 0 bridgehead atoms. The van der Waals surface area contributed by atoms with Crippen LogP contribution in [-0.2, 0) is 0 Å². The standard InChI is InChI=1S/C52H32N4O/c53-33-34-22-24-37(25-23-34)43-29-42(36-14-6-2-7-15-36)30-44(31-43)52-55-50(38-16-8-3-9-17-38)54-51(56-52)41-26-27-46-48(32-41)57-47-21-11-20-45(49(46)47)40-19-10-18-39(28-40)35-12-4-1-5-13-35/h1-32H. The van der Waals surface area contributed by atoms with Gasteiger partial charge in [-0.1, -0.05) is 140 Å². The summed E-state index contributed by atoms with van der Waals surface area (Å²) in [5.41, 5.74) is 13.4. The molecule has 2 heterocycles. The number of hydrogen-bond acceptors (Lipinski definition) is 5. The Morgan fingerprint density at radius 3 is 1.51 bits per heavy atom. The average molecular weight is 729 g/mol. The van der Waals surface area contributed by atoms with Crippen LogP contribution in [0.15, 0.2) is 199 Å². The molecule has 0 aliphatic carbocycles. The van der Waals surface area contributed by atoms with Gasteiger partial charge >= 0.3 is 0 Å². The first-order valence-electron chi connectivity index (χ1n) is 18.8. The van der Waals surface area contributed by atoms with Crippen molar-refractivity contribution in [1.82, 2.24) is 15.0 Å². The maximum atomic E-state index is 9.45. The molecule has 57 heavy (non-hydrogen) atoms. The van der Waals surface area contributed by atoms with Gasteiger partial charge in [0, 0.05) is 27.5 Å². The number of furan rings is 1. The second kappa shape index (κ2) is 14.4. The molecule has 0 unspecified atom stereocenters. The molecular formula is C52H32N4O. The molecule has 0 atom stereocenters. The third kappa shape index (κ3) is 6.52. The molecule has 10 rings (SSSR count). The fourth-order valence-electron chi connectivity index (χ4n) is 7.51. The Morgan fingerprint density at radius 1 is 0.351 bits per heavy atom. The van der Waals surface area contributed by atoms with Crippen LogP contribution in [0.4, 0.5) is 0 Å². The summed E-state index contributed by atoms with van der Waals surface area (Å²) in [5, 5.41) is 11.5. The summed E-state index contributed by atoms with van der Waals surface area (Å²) in [4.78, 5) is 15.3. The van der Waals surface area contributed by atoms with Gasteiger partial charge in [-0.3, -0.25) is 0 Å². The minimum absolute atomic E-state index is 0.544. The quantitative estimate of drug-likeness (QED) is 0.163. The van der Waals surface area contributed by atoms with Crippen LogP contribution in [0, 0.1) is 11.3 Å². The molecule has 0 aliphatic rings. The molecule has 2 aromatic heterocycles. The van der Waals surface area contributed by atoms with Crippen LogP contribution in [0.3, 0.4) is 0 Å². The van der Waals surface area contributed by atoms with Gasteiger partial charge in [-0.25, -0.2) is 15.0 Å². The Labute approximate surface area is 329 Å². The number of aromatic nitrogens is 3. The summed E-state index contributed by atoms with van der Waals surface area (Å²) in [6, 6.07) is 68.2. The van der Waals surface area contributed by atoms with Crippen molar-refractivity contribution in [2.24, 2.45) is 0 Å². The minimum Gasteiger partial charge on any atom is -0.456 e. The van der Waals surface area contributed by atoms with Crippen LogP contribution in [0.1, 0.15) is 5.56 Å². The van der Waals surface area contributed by atoms with Crippen molar-refractivity contribution in [3.8, 4) is 84.7 Å². The Morgan fingerprint density at radius 2 is 0.842 bits per heavy atom. The number of rotatable bonds is 7. The lowest BCUT2D eigenvalue weighted by Crippen LogP contribution is -2.00. The fourth-order valence-corrected chi connectivity index (χ4v) is 7.51. The molecule has 10 aromatic rings. The summed E-state index contributed by atoms with van der Waals surface area (Å²) in [6.07, 6.45) is 0. The van der Waals surface area contributed by atoms with E-state index in [1.165, 1.54) is 11.1 Å². The molecule has 8 aromatic carbocycles. The minimum atomic E-state index is 0.544. The van der Waals surface area contributed by atoms with Crippen LogP contribution >= 0.6 is 0 Å². The van der Waals surface area contributed by atoms with E-state index in [1.54, 1.807) is 0 Å². The van der Waals surface area contributed by atoms with Crippen molar-refractivity contribution in [1.29, 1.82) is 5.26 Å². The van der Waals surface area contributed by atoms with Gasteiger partial charge in [0.1, 0.15) is 11.2 Å². The molecular weight excluding hydrogens is 697 g/mol. The zero-order valence-electron chi connectivity index (χ0n) is 30.7. The maximum Gasteiger partial charge on any atom is 0.164 e. The monoisotopic (exact) mass is 728 g/mol. The largest absolute Gasteiger partial charge is 0.456 e. The van der Waals surface area contributed by atoms with Crippen molar-refractivity contribution >= 4 is 21.9 Å². The molecule has 0 aliphatic heterocycles. The number of nitrogens with zero attached hydrogens (tertiary/aromatic N) is 4. The number of fused-ring (bicyclic) bond motifs is 3. The van der Waals surface area contributed by atoms with Gasteiger partial charge in [0.2, 0.25) is 0 Å². The zero-order valence-corrected chi connectivity index (χ0v) is 30.7. The van der Waals surface area contributed by atoms with Gasteiger partial charge < -0.3 is 4.42 Å². The molecule has 0 N–H and O–H groups in total. The molecule has 0 saturated heterocycles. The number of hydrogen-bond donors (Lipinski definition) is 0. The van der Waals surface area contributed by atoms with Crippen molar-refractivity contribution in [3.05, 3.63) is 200 Å². The second-order valence-corrected chi connectivity index (χ2v) is 14.0. The fraction of sp³-hybridized carbons (Fsp3) is 0. The van der Waals surface area contributed by atoms with Crippen LogP contribution in [0.5, 0.6) is 0 Å². The Kier molecular flexibility index (Phi) is 8.48. The topological polar surface area (TPSA) is 75.6 Å². The van der Waals surface area contributed by atoms with Gasteiger partial charge in [0.25, 0.3) is 0 Å². The first-order valence-corrected chi connectivity index (χ1v) is 18.8. The van der Waals surface area contributed by atoms with Crippen LogP contribution in [0.25, 0.3) is 101 Å².